The van der Waals surface area contributed by atoms with Crippen molar-refractivity contribution in [2.45, 2.75) is 5.51 Å². The summed E-state index contributed by atoms with van der Waals surface area (Å²) in [6.45, 7) is 0. The van der Waals surface area contributed by atoms with Gasteiger partial charge in [0.05, 0.1) is 0 Å². The number of hydrogen-bond acceptors (Lipinski definition) is 5. The van der Waals surface area contributed by atoms with Gasteiger partial charge < -0.3 is 9.94 Å². The normalized spacial score (nSPS) is 13.7. The second kappa shape index (κ2) is 4.47. The van der Waals surface area contributed by atoms with E-state index < -0.39 is 32.8 Å². The summed E-state index contributed by atoms with van der Waals surface area (Å²) in [4.78, 5) is 14.2. The van der Waals surface area contributed by atoms with Gasteiger partial charge >= 0.3 is 11.5 Å². The van der Waals surface area contributed by atoms with Gasteiger partial charge in [-0.15, -0.1) is 0 Å². The molecule has 0 spiro atoms. The predicted octanol–water partition coefficient (Wildman–Crippen LogP) is 0.00800. The zero-order valence-electron chi connectivity index (χ0n) is 7.28. The van der Waals surface area contributed by atoms with Crippen molar-refractivity contribution in [3.63, 3.8) is 0 Å². The number of carboxylic acid groups (broad SMARTS) is 1. The van der Waals surface area contributed by atoms with Crippen molar-refractivity contribution in [3.05, 3.63) is 0 Å². The van der Waals surface area contributed by atoms with Crippen LogP contribution in [-0.2, 0) is 19.5 Å². The molecule has 0 aromatic carbocycles. The van der Waals surface area contributed by atoms with E-state index in [4.69, 9.17) is 5.11 Å². The van der Waals surface area contributed by atoms with Gasteiger partial charge in [-0.2, -0.15) is 13.2 Å². The highest BCUT2D eigenvalue weighted by molar-refractivity contribution is 7.93. The Hall–Kier alpha value is -1.32. The van der Waals surface area contributed by atoms with E-state index in [9.17, 15) is 26.4 Å². The van der Waals surface area contributed by atoms with E-state index >= 15 is 0 Å². The Morgan fingerprint density at radius 3 is 2.20 bits per heavy atom. The Morgan fingerprint density at radius 1 is 1.47 bits per heavy atom. The van der Waals surface area contributed by atoms with Crippen molar-refractivity contribution in [1.29, 1.82) is 0 Å². The number of halogens is 3. The van der Waals surface area contributed by atoms with Crippen molar-refractivity contribution < 1.29 is 36.3 Å². The second-order valence-electron chi connectivity index (χ2n) is 2.23. The third kappa shape index (κ3) is 3.73. The average Bonchev–Trinajstić information content (AvgIpc) is 2.00. The van der Waals surface area contributed by atoms with E-state index in [1.807, 2.05) is 0 Å². The molecule has 0 amide bonds. The Morgan fingerprint density at radius 2 is 1.93 bits per heavy atom. The second-order valence-corrected chi connectivity index (χ2v) is 4.21. The number of carboxylic acids is 1. The van der Waals surface area contributed by atoms with E-state index in [2.05, 4.69) is 9.99 Å². The molecule has 1 N–H and O–H groups in total. The maximum Gasteiger partial charge on any atom is 0.497 e. The first kappa shape index (κ1) is 13.7. The van der Waals surface area contributed by atoms with Gasteiger partial charge in [0.2, 0.25) is 0 Å². The van der Waals surface area contributed by atoms with Gasteiger partial charge in [-0.3, -0.25) is 0 Å². The minimum atomic E-state index is -5.56. The van der Waals surface area contributed by atoms with E-state index in [-0.39, 0.29) is 0 Å². The number of aliphatic carboxylic acids is 1. The standard InChI is InChI=1S/C5H6F3NO5S/c1-14-9-3(4(10)11)2-15(12,13)5(6,7)8/h2H2,1H3,(H,10,11). The van der Waals surface area contributed by atoms with Crippen LogP contribution in [0, 0.1) is 0 Å². The Bertz CT molecular complexity index is 371. The predicted molar refractivity (Wildman–Crippen MR) is 41.9 cm³/mol. The van der Waals surface area contributed by atoms with Gasteiger partial charge in [0.1, 0.15) is 12.9 Å². The van der Waals surface area contributed by atoms with Gasteiger partial charge in [-0.25, -0.2) is 13.2 Å². The highest BCUT2D eigenvalue weighted by atomic mass is 32.2. The molecule has 0 fully saturated rings. The van der Waals surface area contributed by atoms with Crippen LogP contribution in [0.3, 0.4) is 0 Å². The molecule has 0 saturated carbocycles. The van der Waals surface area contributed by atoms with Crippen LogP contribution < -0.4 is 0 Å². The maximum atomic E-state index is 11.8. The van der Waals surface area contributed by atoms with Crippen molar-refractivity contribution in [2.75, 3.05) is 12.9 Å². The number of oxime groups is 1. The quantitative estimate of drug-likeness (QED) is 0.559. The molecule has 10 heteroatoms. The number of rotatable bonds is 4. The largest absolute Gasteiger partial charge is 0.497 e. The van der Waals surface area contributed by atoms with Gasteiger partial charge in [-0.1, -0.05) is 5.16 Å². The van der Waals surface area contributed by atoms with E-state index in [1.54, 1.807) is 0 Å². The number of hydrogen-bond donors (Lipinski definition) is 1. The summed E-state index contributed by atoms with van der Waals surface area (Å²) >= 11 is 0. The van der Waals surface area contributed by atoms with Gasteiger partial charge in [0, 0.05) is 0 Å². The molecule has 0 rings (SSSR count). The minimum Gasteiger partial charge on any atom is -0.477 e. The third-order valence-electron chi connectivity index (χ3n) is 1.13. The molecule has 0 saturated heterocycles. The molecule has 0 aromatic rings. The highest BCUT2D eigenvalue weighted by Gasteiger charge is 2.47. The summed E-state index contributed by atoms with van der Waals surface area (Å²) in [5.41, 5.74) is -6.76. The molecular weight excluding hydrogens is 243 g/mol. The highest BCUT2D eigenvalue weighted by Crippen LogP contribution is 2.23. The van der Waals surface area contributed by atoms with Crippen molar-refractivity contribution in [1.82, 2.24) is 0 Å². The lowest BCUT2D eigenvalue weighted by molar-refractivity contribution is -0.129. The summed E-state index contributed by atoms with van der Waals surface area (Å²) in [5.74, 6) is -3.66. The van der Waals surface area contributed by atoms with Crippen LogP contribution >= 0.6 is 0 Å². The third-order valence-corrected chi connectivity index (χ3v) is 2.49. The van der Waals surface area contributed by atoms with Gasteiger partial charge in [0.15, 0.2) is 5.71 Å². The lowest BCUT2D eigenvalue weighted by Crippen LogP contribution is -2.33. The molecule has 0 aromatic heterocycles. The molecular formula is C5H6F3NO5S. The molecule has 0 aliphatic heterocycles. The topological polar surface area (TPSA) is 93.0 Å². The molecule has 0 aliphatic carbocycles. The fourth-order valence-corrected chi connectivity index (χ4v) is 1.20. The molecule has 6 nitrogen and oxygen atoms in total. The van der Waals surface area contributed by atoms with Crippen molar-refractivity contribution in [2.24, 2.45) is 5.16 Å². The van der Waals surface area contributed by atoms with Crippen LogP contribution in [0.25, 0.3) is 0 Å². The minimum absolute atomic E-state index is 0.878. The Balaban J connectivity index is 5.02. The summed E-state index contributed by atoms with van der Waals surface area (Å²) in [5, 5.41) is 11.0. The SMILES string of the molecule is CON=C(CS(=O)(=O)C(F)(F)F)C(=O)O. The van der Waals surface area contributed by atoms with Crippen LogP contribution in [0.1, 0.15) is 0 Å². The van der Waals surface area contributed by atoms with Crippen LogP contribution in [0.2, 0.25) is 0 Å². The summed E-state index contributed by atoms with van der Waals surface area (Å²) in [6.07, 6.45) is 0. The van der Waals surface area contributed by atoms with E-state index in [0.29, 0.717) is 0 Å². The molecule has 0 radical (unpaired) electrons. The van der Waals surface area contributed by atoms with E-state index in [1.165, 1.54) is 0 Å². The molecule has 0 heterocycles. The zero-order valence-corrected chi connectivity index (χ0v) is 8.09. The maximum absolute atomic E-state index is 11.8. The summed E-state index contributed by atoms with van der Waals surface area (Å²) in [7, 11) is -4.68. The molecule has 0 bridgehead atoms. The monoisotopic (exact) mass is 249 g/mol. The molecule has 0 aliphatic rings. The lowest BCUT2D eigenvalue weighted by Gasteiger charge is -2.06. The van der Waals surface area contributed by atoms with Crippen LogP contribution in [0.4, 0.5) is 13.2 Å². The molecule has 0 unspecified atom stereocenters. The summed E-state index contributed by atoms with van der Waals surface area (Å²) < 4.78 is 56.5. The zero-order chi connectivity index (χ0) is 12.3. The van der Waals surface area contributed by atoms with Crippen LogP contribution in [0.15, 0.2) is 5.16 Å². The van der Waals surface area contributed by atoms with Crippen LogP contribution in [-0.4, -0.2) is 43.6 Å². The van der Waals surface area contributed by atoms with Crippen LogP contribution in [0.5, 0.6) is 0 Å². The van der Waals surface area contributed by atoms with Crippen molar-refractivity contribution in [3.8, 4) is 0 Å². The first-order chi connectivity index (χ1) is 6.62. The van der Waals surface area contributed by atoms with Crippen molar-refractivity contribution >= 4 is 21.5 Å². The molecule has 15 heavy (non-hydrogen) atoms. The fourth-order valence-electron chi connectivity index (χ4n) is 0.499. The number of alkyl halides is 3. The van der Waals surface area contributed by atoms with Gasteiger partial charge in [0.25, 0.3) is 9.84 Å². The number of carbonyl (C=O) groups is 1. The average molecular weight is 249 g/mol. The lowest BCUT2D eigenvalue weighted by atomic mass is 10.4. The number of sulfone groups is 1. The smallest absolute Gasteiger partial charge is 0.477 e. The molecule has 0 atom stereocenters. The molecule has 88 valence electrons. The first-order valence-electron chi connectivity index (χ1n) is 3.24. The van der Waals surface area contributed by atoms with Gasteiger partial charge in [-0.05, 0) is 0 Å². The van der Waals surface area contributed by atoms with E-state index in [0.717, 1.165) is 7.11 Å². The first-order valence-corrected chi connectivity index (χ1v) is 4.89. The number of nitrogens with zero attached hydrogens (tertiary/aromatic N) is 1. The Kier molecular flexibility index (Phi) is 4.07. The fraction of sp³-hybridized carbons (Fsp3) is 0.600. The Labute approximate surface area is 82.2 Å². The summed E-state index contributed by atoms with van der Waals surface area (Å²) in [6, 6.07) is 0.